The van der Waals surface area contributed by atoms with Gasteiger partial charge in [0, 0.05) is 27.2 Å². The van der Waals surface area contributed by atoms with E-state index in [-0.39, 0.29) is 0 Å². The van der Waals surface area contributed by atoms with E-state index < -0.39 is 0 Å². The average Bonchev–Trinajstić information content (AvgIpc) is 3.57. The topological polar surface area (TPSA) is 38.0 Å². The molecule has 0 aliphatic rings. The molecule has 2 heterocycles. The molecule has 0 saturated carbocycles. The molecule has 0 N–H and O–H groups in total. The zero-order valence-corrected chi connectivity index (χ0v) is 22.5. The lowest BCUT2D eigenvalue weighted by Gasteiger charge is -2.11. The second-order valence-electron chi connectivity index (χ2n) is 10.4. The minimum Gasteiger partial charge on any atom is -0.309 e. The SMILES string of the molecule is [C-]#[N+]c1ccc(C#N)c(-n2c3ccccc3c3c(-c4ccc5c(c4)c4ccccc4n5-c4ccccc4)cccc32)c1. The maximum absolute atomic E-state index is 9.99. The molecule has 8 rings (SSSR count). The Labute approximate surface area is 242 Å². The summed E-state index contributed by atoms with van der Waals surface area (Å²) >= 11 is 0. The number of fused-ring (bicyclic) bond motifs is 6. The Morgan fingerprint density at radius 1 is 0.571 bits per heavy atom. The van der Waals surface area contributed by atoms with Crippen LogP contribution in [-0.4, -0.2) is 9.13 Å². The van der Waals surface area contributed by atoms with E-state index in [1.165, 1.54) is 16.3 Å². The second-order valence-corrected chi connectivity index (χ2v) is 10.4. The molecule has 0 aliphatic heterocycles. The van der Waals surface area contributed by atoms with E-state index in [9.17, 15) is 5.26 Å². The van der Waals surface area contributed by atoms with Crippen LogP contribution in [0.5, 0.6) is 0 Å². The fourth-order valence-corrected chi connectivity index (χ4v) is 6.38. The smallest absolute Gasteiger partial charge is 0.189 e. The summed E-state index contributed by atoms with van der Waals surface area (Å²) in [4.78, 5) is 3.64. The van der Waals surface area contributed by atoms with Gasteiger partial charge in [-0.15, -0.1) is 0 Å². The van der Waals surface area contributed by atoms with E-state index in [4.69, 9.17) is 6.57 Å². The fourth-order valence-electron chi connectivity index (χ4n) is 6.38. The average molecular weight is 535 g/mol. The molecule has 2 aromatic heterocycles. The standard InChI is InChI=1S/C38H22N4/c1-40-27-20-18-26(24-39)37(23-27)42-34-16-8-6-13-31(34)38-29(14-9-17-36(38)42)25-19-21-35-32(22-25)30-12-5-7-15-33(30)41(35)28-10-3-2-4-11-28/h2-23H. The van der Waals surface area contributed by atoms with E-state index >= 15 is 0 Å². The summed E-state index contributed by atoms with van der Waals surface area (Å²) in [5.74, 6) is 0. The van der Waals surface area contributed by atoms with Gasteiger partial charge in [-0.25, -0.2) is 4.85 Å². The number of hydrogen-bond acceptors (Lipinski definition) is 1. The summed E-state index contributed by atoms with van der Waals surface area (Å²) in [6.45, 7) is 7.58. The Balaban J connectivity index is 1.44. The van der Waals surface area contributed by atoms with Gasteiger partial charge in [0.25, 0.3) is 0 Å². The third kappa shape index (κ3) is 3.40. The number of aromatic nitrogens is 2. The number of hydrogen-bond donors (Lipinski definition) is 0. The Morgan fingerprint density at radius 2 is 1.26 bits per heavy atom. The van der Waals surface area contributed by atoms with E-state index in [1.807, 2.05) is 18.2 Å². The number of rotatable bonds is 3. The molecule has 0 bridgehead atoms. The van der Waals surface area contributed by atoms with E-state index in [1.54, 1.807) is 12.1 Å². The van der Waals surface area contributed by atoms with Crippen LogP contribution < -0.4 is 0 Å². The van der Waals surface area contributed by atoms with E-state index in [2.05, 4.69) is 123 Å². The first-order valence-electron chi connectivity index (χ1n) is 13.8. The number of para-hydroxylation sites is 3. The zero-order valence-electron chi connectivity index (χ0n) is 22.5. The highest BCUT2D eigenvalue weighted by atomic mass is 15.0. The van der Waals surface area contributed by atoms with Gasteiger partial charge in [-0.2, -0.15) is 5.26 Å². The lowest BCUT2D eigenvalue weighted by atomic mass is 9.98. The van der Waals surface area contributed by atoms with E-state index in [0.717, 1.165) is 49.8 Å². The van der Waals surface area contributed by atoms with Crippen LogP contribution in [-0.2, 0) is 0 Å². The Bertz CT molecular complexity index is 2430. The van der Waals surface area contributed by atoms with Crippen LogP contribution in [0.3, 0.4) is 0 Å². The van der Waals surface area contributed by atoms with Crippen molar-refractivity contribution >= 4 is 49.3 Å². The monoisotopic (exact) mass is 534 g/mol. The van der Waals surface area contributed by atoms with Crippen molar-refractivity contribution < 1.29 is 0 Å². The molecule has 0 aliphatic carbocycles. The zero-order chi connectivity index (χ0) is 28.2. The Morgan fingerprint density at radius 3 is 2.05 bits per heavy atom. The molecule has 0 radical (unpaired) electrons. The first-order chi connectivity index (χ1) is 20.8. The van der Waals surface area contributed by atoms with Crippen LogP contribution in [0.25, 0.3) is 71.0 Å². The van der Waals surface area contributed by atoms with Crippen LogP contribution in [0.2, 0.25) is 0 Å². The molecule has 0 atom stereocenters. The van der Waals surface area contributed by atoms with Crippen molar-refractivity contribution in [2.45, 2.75) is 0 Å². The molecule has 0 unspecified atom stereocenters. The quantitative estimate of drug-likeness (QED) is 0.208. The molecule has 4 heteroatoms. The largest absolute Gasteiger partial charge is 0.309 e. The van der Waals surface area contributed by atoms with Crippen molar-refractivity contribution in [3.8, 4) is 28.6 Å². The molecule has 0 fully saturated rings. The highest BCUT2D eigenvalue weighted by Crippen LogP contribution is 2.41. The Hall–Kier alpha value is -6.10. The van der Waals surface area contributed by atoms with Gasteiger partial charge in [0.05, 0.1) is 39.9 Å². The number of nitrogens with zero attached hydrogens (tertiary/aromatic N) is 4. The maximum Gasteiger partial charge on any atom is 0.189 e. The summed E-state index contributed by atoms with van der Waals surface area (Å²) in [7, 11) is 0. The molecule has 4 nitrogen and oxygen atoms in total. The van der Waals surface area contributed by atoms with E-state index in [0.29, 0.717) is 11.3 Å². The van der Waals surface area contributed by atoms with Gasteiger partial charge in [-0.1, -0.05) is 84.9 Å². The molecule has 0 saturated heterocycles. The summed E-state index contributed by atoms with van der Waals surface area (Å²) in [6.07, 6.45) is 0. The predicted octanol–water partition coefficient (Wildman–Crippen LogP) is 9.97. The van der Waals surface area contributed by atoms with Crippen LogP contribution in [0.1, 0.15) is 5.56 Å². The number of benzene rings is 6. The van der Waals surface area contributed by atoms with Crippen LogP contribution in [0.4, 0.5) is 5.69 Å². The summed E-state index contributed by atoms with van der Waals surface area (Å²) in [6, 6.07) is 48.1. The first kappa shape index (κ1) is 23.8. The summed E-state index contributed by atoms with van der Waals surface area (Å²) in [5, 5.41) is 14.6. The summed E-state index contributed by atoms with van der Waals surface area (Å²) in [5.41, 5.74) is 9.48. The normalized spacial score (nSPS) is 11.3. The van der Waals surface area contributed by atoms with Crippen molar-refractivity contribution in [2.75, 3.05) is 0 Å². The van der Waals surface area contributed by atoms with Gasteiger partial charge in [0.2, 0.25) is 0 Å². The minimum absolute atomic E-state index is 0.506. The third-order valence-electron chi connectivity index (χ3n) is 8.17. The van der Waals surface area contributed by atoms with Crippen LogP contribution in [0.15, 0.2) is 133 Å². The van der Waals surface area contributed by atoms with Crippen molar-refractivity contribution in [2.24, 2.45) is 0 Å². The van der Waals surface area contributed by atoms with Crippen LogP contribution >= 0.6 is 0 Å². The summed E-state index contributed by atoms with van der Waals surface area (Å²) < 4.78 is 4.45. The minimum atomic E-state index is 0.506. The lowest BCUT2D eigenvalue weighted by molar-refractivity contribution is 1.17. The molecular weight excluding hydrogens is 512 g/mol. The van der Waals surface area contributed by atoms with Crippen molar-refractivity contribution in [3.05, 3.63) is 150 Å². The Kier molecular flexibility index (Phi) is 5.22. The maximum atomic E-state index is 9.99. The van der Waals surface area contributed by atoms with Crippen molar-refractivity contribution in [3.63, 3.8) is 0 Å². The third-order valence-corrected chi connectivity index (χ3v) is 8.17. The molecule has 0 amide bonds. The van der Waals surface area contributed by atoms with Gasteiger partial charge < -0.3 is 9.13 Å². The second kappa shape index (κ2) is 9.24. The highest BCUT2D eigenvalue weighted by molar-refractivity contribution is 6.17. The number of nitriles is 1. The highest BCUT2D eigenvalue weighted by Gasteiger charge is 2.19. The molecule has 194 valence electrons. The lowest BCUT2D eigenvalue weighted by Crippen LogP contribution is -1.97. The van der Waals surface area contributed by atoms with Gasteiger partial charge in [0.1, 0.15) is 6.07 Å². The van der Waals surface area contributed by atoms with Gasteiger partial charge >= 0.3 is 0 Å². The molecule has 0 spiro atoms. The first-order valence-corrected chi connectivity index (χ1v) is 13.8. The predicted molar refractivity (Wildman–Crippen MR) is 172 cm³/mol. The fraction of sp³-hybridized carbons (Fsp3) is 0. The molecule has 42 heavy (non-hydrogen) atoms. The van der Waals surface area contributed by atoms with Crippen LogP contribution in [0, 0.1) is 17.9 Å². The van der Waals surface area contributed by atoms with Gasteiger partial charge in [-0.3, -0.25) is 0 Å². The van der Waals surface area contributed by atoms with Gasteiger partial charge in [0.15, 0.2) is 5.69 Å². The van der Waals surface area contributed by atoms with Gasteiger partial charge in [-0.05, 0) is 59.7 Å². The molecular formula is C38H22N4. The van der Waals surface area contributed by atoms with Crippen molar-refractivity contribution in [1.29, 1.82) is 5.26 Å². The molecule has 8 aromatic rings. The van der Waals surface area contributed by atoms with Crippen molar-refractivity contribution in [1.82, 2.24) is 9.13 Å². The molecule has 6 aromatic carbocycles.